The summed E-state index contributed by atoms with van der Waals surface area (Å²) in [6.45, 7) is 1.62. The predicted molar refractivity (Wildman–Crippen MR) is 92.7 cm³/mol. The van der Waals surface area contributed by atoms with Crippen molar-refractivity contribution in [2.24, 2.45) is 17.6 Å². The standard InChI is InChI=1S/C16H21BrN2O2.ClH/c1-21-11-5-6-14(17)12(7-11)16(20)19-8-10-3-2-4-15(18)13(10)9-19;/h5-7,10,13,15H,2-4,8-9,18H2,1H3;1H. The van der Waals surface area contributed by atoms with Gasteiger partial charge in [-0.25, -0.2) is 0 Å². The van der Waals surface area contributed by atoms with Crippen molar-refractivity contribution < 1.29 is 9.53 Å². The van der Waals surface area contributed by atoms with E-state index < -0.39 is 0 Å². The predicted octanol–water partition coefficient (Wildman–Crippen LogP) is 3.08. The molecule has 2 N–H and O–H groups in total. The number of halogens is 2. The Kier molecular flexibility index (Phi) is 5.75. The van der Waals surface area contributed by atoms with Gasteiger partial charge in [0.15, 0.2) is 0 Å². The first-order chi connectivity index (χ1) is 10.1. The monoisotopic (exact) mass is 388 g/mol. The van der Waals surface area contributed by atoms with Crippen LogP contribution >= 0.6 is 28.3 Å². The van der Waals surface area contributed by atoms with E-state index in [2.05, 4.69) is 15.9 Å². The lowest BCUT2D eigenvalue weighted by atomic mass is 9.78. The highest BCUT2D eigenvalue weighted by molar-refractivity contribution is 9.10. The molecule has 22 heavy (non-hydrogen) atoms. The zero-order valence-corrected chi connectivity index (χ0v) is 15.0. The fourth-order valence-corrected chi connectivity index (χ4v) is 4.06. The van der Waals surface area contributed by atoms with Crippen LogP contribution < -0.4 is 10.5 Å². The van der Waals surface area contributed by atoms with E-state index in [4.69, 9.17) is 10.5 Å². The Morgan fingerprint density at radius 2 is 2.14 bits per heavy atom. The molecule has 1 aromatic rings. The van der Waals surface area contributed by atoms with E-state index in [0.29, 0.717) is 23.1 Å². The molecule has 1 saturated carbocycles. The fourth-order valence-electron chi connectivity index (χ4n) is 3.65. The third-order valence-electron chi connectivity index (χ3n) is 4.85. The van der Waals surface area contributed by atoms with Crippen LogP contribution in [0.3, 0.4) is 0 Å². The quantitative estimate of drug-likeness (QED) is 0.845. The Bertz CT molecular complexity index is 555. The summed E-state index contributed by atoms with van der Waals surface area (Å²) in [7, 11) is 1.61. The first-order valence-electron chi connectivity index (χ1n) is 7.48. The van der Waals surface area contributed by atoms with Gasteiger partial charge >= 0.3 is 0 Å². The number of likely N-dealkylation sites (tertiary alicyclic amines) is 1. The topological polar surface area (TPSA) is 55.6 Å². The normalized spacial score (nSPS) is 27.0. The van der Waals surface area contributed by atoms with Crippen LogP contribution in [-0.2, 0) is 0 Å². The minimum absolute atomic E-state index is 0. The molecule has 3 rings (SSSR count). The second kappa shape index (κ2) is 7.20. The van der Waals surface area contributed by atoms with E-state index in [0.717, 1.165) is 24.0 Å². The molecule has 2 fully saturated rings. The summed E-state index contributed by atoms with van der Waals surface area (Å²) >= 11 is 3.47. The van der Waals surface area contributed by atoms with Crippen molar-refractivity contribution in [1.82, 2.24) is 4.90 Å². The Morgan fingerprint density at radius 1 is 1.36 bits per heavy atom. The van der Waals surface area contributed by atoms with Crippen LogP contribution in [0, 0.1) is 11.8 Å². The maximum Gasteiger partial charge on any atom is 0.255 e. The molecule has 4 nitrogen and oxygen atoms in total. The SMILES string of the molecule is COc1ccc(Br)c(C(=O)N2CC3CCCC(N)C3C2)c1.Cl. The number of rotatable bonds is 2. The van der Waals surface area contributed by atoms with Crippen molar-refractivity contribution in [1.29, 1.82) is 0 Å². The van der Waals surface area contributed by atoms with Crippen LogP contribution in [0.1, 0.15) is 29.6 Å². The van der Waals surface area contributed by atoms with Gasteiger partial charge in [-0.05, 0) is 58.8 Å². The molecular weight excluding hydrogens is 368 g/mol. The van der Waals surface area contributed by atoms with Gasteiger partial charge < -0.3 is 15.4 Å². The zero-order valence-electron chi connectivity index (χ0n) is 12.6. The lowest BCUT2D eigenvalue weighted by Gasteiger charge is -2.29. The molecule has 1 aromatic carbocycles. The zero-order chi connectivity index (χ0) is 15.0. The molecule has 6 heteroatoms. The number of carbonyl (C=O) groups excluding carboxylic acids is 1. The third-order valence-corrected chi connectivity index (χ3v) is 5.54. The Labute approximate surface area is 145 Å². The second-order valence-electron chi connectivity index (χ2n) is 6.07. The second-order valence-corrected chi connectivity index (χ2v) is 6.93. The molecule has 2 aliphatic rings. The maximum absolute atomic E-state index is 12.8. The summed E-state index contributed by atoms with van der Waals surface area (Å²) < 4.78 is 6.04. The van der Waals surface area contributed by atoms with Gasteiger partial charge in [0.2, 0.25) is 0 Å². The van der Waals surface area contributed by atoms with E-state index in [-0.39, 0.29) is 24.4 Å². The number of ether oxygens (including phenoxy) is 1. The molecule has 0 spiro atoms. The van der Waals surface area contributed by atoms with Crippen molar-refractivity contribution in [3.05, 3.63) is 28.2 Å². The minimum Gasteiger partial charge on any atom is -0.497 e. The number of amides is 1. The number of nitrogens with two attached hydrogens (primary N) is 1. The highest BCUT2D eigenvalue weighted by Crippen LogP contribution is 2.36. The average Bonchev–Trinajstić information content (AvgIpc) is 2.93. The number of hydrogen-bond donors (Lipinski definition) is 1. The number of hydrogen-bond acceptors (Lipinski definition) is 3. The number of methoxy groups -OCH3 is 1. The van der Waals surface area contributed by atoms with Crippen molar-refractivity contribution >= 4 is 34.2 Å². The van der Waals surface area contributed by atoms with E-state index >= 15 is 0 Å². The molecule has 1 amide bonds. The summed E-state index contributed by atoms with van der Waals surface area (Å²) in [5, 5.41) is 0. The fraction of sp³-hybridized carbons (Fsp3) is 0.562. The molecule has 3 atom stereocenters. The molecule has 1 aliphatic heterocycles. The molecular formula is C16H22BrClN2O2. The number of carbonyl (C=O) groups is 1. The van der Waals surface area contributed by atoms with Crippen molar-refractivity contribution in [3.8, 4) is 5.75 Å². The van der Waals surface area contributed by atoms with E-state index in [1.165, 1.54) is 12.8 Å². The molecule has 1 saturated heterocycles. The highest BCUT2D eigenvalue weighted by Gasteiger charge is 2.40. The summed E-state index contributed by atoms with van der Waals surface area (Å²) in [5.41, 5.74) is 6.90. The molecule has 3 unspecified atom stereocenters. The van der Waals surface area contributed by atoms with Gasteiger partial charge in [0, 0.05) is 23.6 Å². The van der Waals surface area contributed by atoms with Crippen molar-refractivity contribution in [3.63, 3.8) is 0 Å². The highest BCUT2D eigenvalue weighted by atomic mass is 79.9. The Balaban J connectivity index is 0.00000176. The summed E-state index contributed by atoms with van der Waals surface area (Å²) in [6.07, 6.45) is 3.47. The number of fused-ring (bicyclic) bond motifs is 1. The van der Waals surface area contributed by atoms with E-state index in [1.807, 2.05) is 17.0 Å². The molecule has 0 aromatic heterocycles. The summed E-state index contributed by atoms with van der Waals surface area (Å²) in [5.74, 6) is 1.81. The third kappa shape index (κ3) is 3.26. The first-order valence-corrected chi connectivity index (χ1v) is 8.28. The van der Waals surface area contributed by atoms with Gasteiger partial charge in [0.05, 0.1) is 12.7 Å². The van der Waals surface area contributed by atoms with Crippen molar-refractivity contribution in [2.45, 2.75) is 25.3 Å². The smallest absolute Gasteiger partial charge is 0.255 e. The van der Waals surface area contributed by atoms with Gasteiger partial charge in [0.25, 0.3) is 5.91 Å². The van der Waals surface area contributed by atoms with E-state index in [9.17, 15) is 4.79 Å². The van der Waals surface area contributed by atoms with Crippen LogP contribution in [0.15, 0.2) is 22.7 Å². The summed E-state index contributed by atoms with van der Waals surface area (Å²) in [6, 6.07) is 5.76. The Morgan fingerprint density at radius 3 is 2.82 bits per heavy atom. The van der Waals surface area contributed by atoms with Crippen LogP contribution in [0.5, 0.6) is 5.75 Å². The number of benzene rings is 1. The summed E-state index contributed by atoms with van der Waals surface area (Å²) in [4.78, 5) is 14.7. The molecule has 1 heterocycles. The van der Waals surface area contributed by atoms with Gasteiger partial charge in [-0.15, -0.1) is 12.4 Å². The van der Waals surface area contributed by atoms with Crippen LogP contribution in [0.25, 0.3) is 0 Å². The van der Waals surface area contributed by atoms with Crippen molar-refractivity contribution in [2.75, 3.05) is 20.2 Å². The van der Waals surface area contributed by atoms with Crippen LogP contribution in [0.2, 0.25) is 0 Å². The Hall–Kier alpha value is -0.780. The molecule has 122 valence electrons. The first kappa shape index (κ1) is 17.6. The lowest BCUT2D eigenvalue weighted by molar-refractivity contribution is 0.0782. The molecule has 0 radical (unpaired) electrons. The van der Waals surface area contributed by atoms with Gasteiger partial charge in [-0.1, -0.05) is 6.42 Å². The molecule has 0 bridgehead atoms. The molecule has 1 aliphatic carbocycles. The average molecular weight is 390 g/mol. The van der Waals surface area contributed by atoms with Gasteiger partial charge in [-0.3, -0.25) is 4.79 Å². The largest absolute Gasteiger partial charge is 0.497 e. The van der Waals surface area contributed by atoms with Gasteiger partial charge in [-0.2, -0.15) is 0 Å². The lowest BCUT2D eigenvalue weighted by Crippen LogP contribution is -2.38. The van der Waals surface area contributed by atoms with Crippen LogP contribution in [0.4, 0.5) is 0 Å². The van der Waals surface area contributed by atoms with Crippen LogP contribution in [-0.4, -0.2) is 37.0 Å². The number of nitrogens with zero attached hydrogens (tertiary/aromatic N) is 1. The minimum atomic E-state index is 0. The maximum atomic E-state index is 12.8. The van der Waals surface area contributed by atoms with Gasteiger partial charge in [0.1, 0.15) is 5.75 Å². The van der Waals surface area contributed by atoms with E-state index in [1.54, 1.807) is 13.2 Å².